The van der Waals surface area contributed by atoms with E-state index in [0.29, 0.717) is 5.92 Å². The molecule has 1 atom stereocenters. The molecule has 0 radical (unpaired) electrons. The average molecular weight is 371 g/mol. The van der Waals surface area contributed by atoms with E-state index in [9.17, 15) is 0 Å². The van der Waals surface area contributed by atoms with E-state index in [4.69, 9.17) is 4.74 Å². The topological polar surface area (TPSA) is 66.7 Å². The molecule has 27 heavy (non-hydrogen) atoms. The summed E-state index contributed by atoms with van der Waals surface area (Å²) in [6.07, 6.45) is 5.97. The molecule has 7 nitrogen and oxygen atoms in total. The number of aliphatic imine (C=N–C) groups is 1. The number of anilines is 1. The summed E-state index contributed by atoms with van der Waals surface area (Å²) in [7, 11) is 3.55. The first-order chi connectivity index (χ1) is 13.3. The Morgan fingerprint density at radius 3 is 2.96 bits per heavy atom. The molecule has 2 aromatic rings. The molecule has 0 saturated carbocycles. The molecule has 0 bridgehead atoms. The molecule has 1 aromatic heterocycles. The van der Waals surface area contributed by atoms with Gasteiger partial charge in [0.15, 0.2) is 5.96 Å². The maximum Gasteiger partial charge on any atom is 0.190 e. The lowest BCUT2D eigenvalue weighted by Gasteiger charge is -2.21. The Kier molecular flexibility index (Phi) is 6.96. The van der Waals surface area contributed by atoms with Crippen molar-refractivity contribution in [3.8, 4) is 5.75 Å². The normalized spacial score (nSPS) is 17.2. The van der Waals surface area contributed by atoms with Gasteiger partial charge in [-0.05, 0) is 37.0 Å². The second kappa shape index (κ2) is 9.85. The van der Waals surface area contributed by atoms with Crippen LogP contribution in [0.15, 0.2) is 47.7 Å². The van der Waals surface area contributed by atoms with Crippen LogP contribution in [-0.4, -0.2) is 56.1 Å². The Morgan fingerprint density at radius 1 is 1.30 bits per heavy atom. The van der Waals surface area contributed by atoms with Crippen LogP contribution in [0.2, 0.25) is 0 Å². The van der Waals surface area contributed by atoms with Crippen LogP contribution in [0, 0.1) is 5.92 Å². The van der Waals surface area contributed by atoms with E-state index >= 15 is 0 Å². The molecule has 1 unspecified atom stereocenters. The Bertz CT molecular complexity index is 715. The Balaban J connectivity index is 1.39. The van der Waals surface area contributed by atoms with Gasteiger partial charge in [0.05, 0.1) is 12.8 Å². The van der Waals surface area contributed by atoms with Gasteiger partial charge in [-0.1, -0.05) is 12.1 Å². The minimum Gasteiger partial charge on any atom is -0.495 e. The van der Waals surface area contributed by atoms with Crippen LogP contribution in [0.5, 0.6) is 5.75 Å². The molecule has 2 N–H and O–H groups in total. The quantitative estimate of drug-likeness (QED) is 0.423. The zero-order valence-corrected chi connectivity index (χ0v) is 16.3. The number of para-hydroxylation sites is 2. The summed E-state index contributed by atoms with van der Waals surface area (Å²) in [5.41, 5.74) is 1.18. The van der Waals surface area contributed by atoms with Gasteiger partial charge in [0, 0.05) is 52.2 Å². The predicted octanol–water partition coefficient (Wildman–Crippen LogP) is 1.97. The van der Waals surface area contributed by atoms with Crippen molar-refractivity contribution in [2.75, 3.05) is 45.2 Å². The second-order valence-corrected chi connectivity index (χ2v) is 6.78. The molecule has 146 valence electrons. The number of rotatable bonds is 8. The summed E-state index contributed by atoms with van der Waals surface area (Å²) in [6.45, 7) is 4.79. The fourth-order valence-corrected chi connectivity index (χ4v) is 3.45. The Morgan fingerprint density at radius 2 is 2.19 bits per heavy atom. The molecule has 1 aliphatic rings. The molecule has 0 spiro atoms. The summed E-state index contributed by atoms with van der Waals surface area (Å²) in [4.78, 5) is 6.73. The lowest BCUT2D eigenvalue weighted by Crippen LogP contribution is -2.40. The van der Waals surface area contributed by atoms with Gasteiger partial charge in [-0.25, -0.2) is 0 Å². The lowest BCUT2D eigenvalue weighted by atomic mass is 10.1. The van der Waals surface area contributed by atoms with Crippen LogP contribution in [0.25, 0.3) is 0 Å². The highest BCUT2D eigenvalue weighted by molar-refractivity contribution is 5.79. The van der Waals surface area contributed by atoms with Gasteiger partial charge in [-0.3, -0.25) is 9.67 Å². The molecular formula is C20H30N6O. The highest BCUT2D eigenvalue weighted by atomic mass is 16.5. The minimum absolute atomic E-state index is 0.595. The Labute approximate surface area is 161 Å². The van der Waals surface area contributed by atoms with E-state index in [1.165, 1.54) is 12.1 Å². The van der Waals surface area contributed by atoms with Crippen LogP contribution < -0.4 is 20.3 Å². The summed E-state index contributed by atoms with van der Waals surface area (Å²) in [5.74, 6) is 2.41. The smallest absolute Gasteiger partial charge is 0.190 e. The zero-order valence-electron chi connectivity index (χ0n) is 16.3. The number of aryl methyl sites for hydroxylation is 1. The maximum absolute atomic E-state index is 5.50. The predicted molar refractivity (Wildman–Crippen MR) is 110 cm³/mol. The maximum atomic E-state index is 5.50. The fraction of sp³-hybridized carbons (Fsp3) is 0.500. The van der Waals surface area contributed by atoms with Gasteiger partial charge in [-0.15, -0.1) is 0 Å². The van der Waals surface area contributed by atoms with E-state index in [1.807, 2.05) is 42.3 Å². The third-order valence-corrected chi connectivity index (χ3v) is 4.91. The van der Waals surface area contributed by atoms with Crippen LogP contribution in [-0.2, 0) is 6.54 Å². The molecule has 1 aromatic carbocycles. The molecule has 1 fully saturated rings. The minimum atomic E-state index is 0.595. The van der Waals surface area contributed by atoms with Gasteiger partial charge in [0.25, 0.3) is 0 Å². The van der Waals surface area contributed by atoms with Crippen LogP contribution >= 0.6 is 0 Å². The first kappa shape index (κ1) is 19.1. The Hall–Kier alpha value is -2.70. The van der Waals surface area contributed by atoms with Crippen molar-refractivity contribution in [2.24, 2.45) is 10.9 Å². The number of ether oxygens (including phenoxy) is 1. The van der Waals surface area contributed by atoms with Crippen molar-refractivity contribution in [1.82, 2.24) is 20.4 Å². The van der Waals surface area contributed by atoms with Gasteiger partial charge < -0.3 is 20.3 Å². The first-order valence-corrected chi connectivity index (χ1v) is 9.60. The third-order valence-electron chi connectivity index (χ3n) is 4.91. The standard InChI is InChI=1S/C20H30N6O/c1-21-20(22-10-5-12-26-13-6-11-24-26)23-15-17-9-14-25(16-17)18-7-3-4-8-19(18)27-2/h3-4,6-8,11,13,17H,5,9-10,12,14-16H2,1-2H3,(H2,21,22,23). The zero-order chi connectivity index (χ0) is 18.9. The van der Waals surface area contributed by atoms with Gasteiger partial charge in [0.2, 0.25) is 0 Å². The van der Waals surface area contributed by atoms with Crippen molar-refractivity contribution in [1.29, 1.82) is 0 Å². The van der Waals surface area contributed by atoms with Gasteiger partial charge >= 0.3 is 0 Å². The van der Waals surface area contributed by atoms with Crippen molar-refractivity contribution in [2.45, 2.75) is 19.4 Å². The summed E-state index contributed by atoms with van der Waals surface area (Å²) < 4.78 is 7.44. The largest absolute Gasteiger partial charge is 0.495 e. The molecule has 7 heteroatoms. The van der Waals surface area contributed by atoms with E-state index < -0.39 is 0 Å². The average Bonchev–Trinajstić information content (AvgIpc) is 3.39. The monoisotopic (exact) mass is 370 g/mol. The second-order valence-electron chi connectivity index (χ2n) is 6.78. The molecule has 0 aliphatic carbocycles. The van der Waals surface area contributed by atoms with Crippen molar-refractivity contribution in [3.05, 3.63) is 42.7 Å². The summed E-state index contributed by atoms with van der Waals surface area (Å²) in [6, 6.07) is 10.2. The van der Waals surface area contributed by atoms with E-state index in [-0.39, 0.29) is 0 Å². The number of aromatic nitrogens is 2. The molecule has 1 aliphatic heterocycles. The van der Waals surface area contributed by atoms with Crippen LogP contribution in [0.3, 0.4) is 0 Å². The van der Waals surface area contributed by atoms with E-state index in [1.54, 1.807) is 7.11 Å². The SMILES string of the molecule is CN=C(NCCCn1cccn1)NCC1CCN(c2ccccc2OC)C1. The fourth-order valence-electron chi connectivity index (χ4n) is 3.45. The number of hydrogen-bond donors (Lipinski definition) is 2. The third kappa shape index (κ3) is 5.39. The summed E-state index contributed by atoms with van der Waals surface area (Å²) in [5, 5.41) is 11.1. The number of nitrogens with one attached hydrogen (secondary N) is 2. The molecule has 0 amide bonds. The number of nitrogens with zero attached hydrogens (tertiary/aromatic N) is 4. The number of hydrogen-bond acceptors (Lipinski definition) is 4. The van der Waals surface area contributed by atoms with Crippen molar-refractivity contribution >= 4 is 11.6 Å². The van der Waals surface area contributed by atoms with E-state index in [2.05, 4.69) is 37.8 Å². The van der Waals surface area contributed by atoms with Gasteiger partial charge in [0.1, 0.15) is 5.75 Å². The number of guanidine groups is 1. The van der Waals surface area contributed by atoms with E-state index in [0.717, 1.165) is 50.9 Å². The van der Waals surface area contributed by atoms with Gasteiger partial charge in [-0.2, -0.15) is 5.10 Å². The van der Waals surface area contributed by atoms with Crippen molar-refractivity contribution < 1.29 is 4.74 Å². The highest BCUT2D eigenvalue weighted by Gasteiger charge is 2.24. The molecule has 2 heterocycles. The number of methoxy groups -OCH3 is 1. The van der Waals surface area contributed by atoms with Crippen molar-refractivity contribution in [3.63, 3.8) is 0 Å². The van der Waals surface area contributed by atoms with Crippen LogP contribution in [0.1, 0.15) is 12.8 Å². The lowest BCUT2D eigenvalue weighted by molar-refractivity contribution is 0.414. The highest BCUT2D eigenvalue weighted by Crippen LogP contribution is 2.31. The molecule has 3 rings (SSSR count). The summed E-state index contributed by atoms with van der Waals surface area (Å²) >= 11 is 0. The molecular weight excluding hydrogens is 340 g/mol. The number of benzene rings is 1. The first-order valence-electron chi connectivity index (χ1n) is 9.60. The van der Waals surface area contributed by atoms with Crippen LogP contribution in [0.4, 0.5) is 5.69 Å². The molecule has 1 saturated heterocycles.